The fraction of sp³-hybridized carbons (Fsp3) is 0.320. The van der Waals surface area contributed by atoms with Gasteiger partial charge in [-0.05, 0) is 67.1 Å². The van der Waals surface area contributed by atoms with Crippen molar-refractivity contribution in [3.8, 4) is 0 Å². The van der Waals surface area contributed by atoms with E-state index in [0.717, 1.165) is 18.9 Å². The molecule has 0 bridgehead atoms. The lowest BCUT2D eigenvalue weighted by atomic mass is 9.95. The van der Waals surface area contributed by atoms with Gasteiger partial charge in [0.1, 0.15) is 0 Å². The molecule has 10 heteroatoms. The number of hydrogen-bond donors (Lipinski definition) is 3. The second kappa shape index (κ2) is 10.9. The second-order valence-corrected chi connectivity index (χ2v) is 8.95. The number of alkyl halides is 3. The van der Waals surface area contributed by atoms with Crippen LogP contribution in [-0.2, 0) is 9.59 Å². The quantitative estimate of drug-likeness (QED) is 0.479. The average Bonchev–Trinajstić information content (AvgIpc) is 3.60. The molecule has 0 aromatic heterocycles. The number of benzene rings is 2. The van der Waals surface area contributed by atoms with Gasteiger partial charge in [-0.15, -0.1) is 0 Å². The highest BCUT2D eigenvalue weighted by atomic mass is 35.5. The van der Waals surface area contributed by atoms with Crippen LogP contribution in [0.3, 0.4) is 0 Å². The van der Waals surface area contributed by atoms with E-state index in [1.807, 2.05) is 0 Å². The fourth-order valence-corrected chi connectivity index (χ4v) is 3.78. The molecule has 1 saturated carbocycles. The zero-order valence-electron chi connectivity index (χ0n) is 19.1. The van der Waals surface area contributed by atoms with Crippen molar-refractivity contribution in [3.05, 3.63) is 75.3 Å². The number of nitrogens with one attached hydrogen (secondary N) is 3. The molecule has 0 saturated heterocycles. The number of hydrazine groups is 1. The first kappa shape index (κ1) is 26.3. The Kier molecular flexibility index (Phi) is 8.22. The van der Waals surface area contributed by atoms with Crippen molar-refractivity contribution in [2.24, 2.45) is 5.92 Å². The zero-order valence-corrected chi connectivity index (χ0v) is 19.9. The number of rotatable bonds is 7. The highest BCUT2D eigenvalue weighted by Gasteiger charge is 2.39. The van der Waals surface area contributed by atoms with Crippen LogP contribution in [-0.4, -0.2) is 30.4 Å². The van der Waals surface area contributed by atoms with Gasteiger partial charge < -0.3 is 5.32 Å². The maximum Gasteiger partial charge on any atom is 0.399 e. The summed E-state index contributed by atoms with van der Waals surface area (Å²) in [6, 6.07) is 8.90. The predicted molar refractivity (Wildman–Crippen MR) is 127 cm³/mol. The summed E-state index contributed by atoms with van der Waals surface area (Å²) in [6.45, 7) is 2.97. The Hall–Kier alpha value is -3.33. The topological polar surface area (TPSA) is 87.3 Å². The van der Waals surface area contributed by atoms with Gasteiger partial charge in [-0.3, -0.25) is 25.2 Å². The molecule has 1 fully saturated rings. The Morgan fingerprint density at radius 2 is 1.80 bits per heavy atom. The van der Waals surface area contributed by atoms with E-state index in [1.165, 1.54) is 30.3 Å². The molecule has 6 nitrogen and oxygen atoms in total. The third kappa shape index (κ3) is 7.58. The predicted octanol–water partition coefficient (Wildman–Crippen LogP) is 4.60. The Morgan fingerprint density at radius 3 is 2.40 bits per heavy atom. The van der Waals surface area contributed by atoms with Crippen molar-refractivity contribution >= 4 is 35.4 Å². The van der Waals surface area contributed by atoms with Gasteiger partial charge in [-0.25, -0.2) is 0 Å². The van der Waals surface area contributed by atoms with E-state index in [2.05, 4.69) is 16.2 Å². The molecule has 2 aromatic rings. The van der Waals surface area contributed by atoms with Gasteiger partial charge in [0.15, 0.2) is 0 Å². The minimum atomic E-state index is -4.51. The first-order chi connectivity index (χ1) is 16.4. The van der Waals surface area contributed by atoms with E-state index in [-0.39, 0.29) is 34.5 Å². The molecule has 0 heterocycles. The summed E-state index contributed by atoms with van der Waals surface area (Å²) in [6.07, 6.45) is -0.528. The van der Waals surface area contributed by atoms with Crippen LogP contribution in [0.5, 0.6) is 0 Å². The van der Waals surface area contributed by atoms with Crippen LogP contribution in [0.4, 0.5) is 13.2 Å². The van der Waals surface area contributed by atoms with Gasteiger partial charge in [-0.1, -0.05) is 42.0 Å². The van der Waals surface area contributed by atoms with Crippen LogP contribution in [0.15, 0.2) is 42.5 Å². The van der Waals surface area contributed by atoms with Crippen LogP contribution in [0.1, 0.15) is 51.4 Å². The number of carbonyl (C=O) groups excluding carboxylic acids is 3. The van der Waals surface area contributed by atoms with Crippen molar-refractivity contribution in [3.63, 3.8) is 0 Å². The molecule has 35 heavy (non-hydrogen) atoms. The summed E-state index contributed by atoms with van der Waals surface area (Å²) in [5.74, 6) is -3.28. The average molecular weight is 508 g/mol. The van der Waals surface area contributed by atoms with Crippen molar-refractivity contribution in [2.75, 3.05) is 6.54 Å². The van der Waals surface area contributed by atoms with Crippen molar-refractivity contribution in [1.29, 1.82) is 0 Å². The van der Waals surface area contributed by atoms with E-state index in [9.17, 15) is 27.6 Å². The number of aryl methyl sites for hydroxylation is 2. The van der Waals surface area contributed by atoms with Crippen molar-refractivity contribution < 1.29 is 27.6 Å². The van der Waals surface area contributed by atoms with Gasteiger partial charge >= 0.3 is 6.18 Å². The minimum Gasteiger partial charge on any atom is -0.343 e. The van der Waals surface area contributed by atoms with Crippen molar-refractivity contribution in [2.45, 2.75) is 38.8 Å². The molecule has 186 valence electrons. The zero-order chi connectivity index (χ0) is 25.8. The molecular weight excluding hydrogens is 483 g/mol. The van der Waals surface area contributed by atoms with E-state index in [4.69, 9.17) is 11.6 Å². The van der Waals surface area contributed by atoms with Crippen LogP contribution >= 0.6 is 11.6 Å². The summed E-state index contributed by atoms with van der Waals surface area (Å²) < 4.78 is 41.1. The highest BCUT2D eigenvalue weighted by molar-refractivity contribution is 6.30. The molecule has 0 spiro atoms. The Balaban J connectivity index is 1.64. The molecule has 1 aliphatic carbocycles. The third-order valence-corrected chi connectivity index (χ3v) is 5.65. The van der Waals surface area contributed by atoms with Crippen LogP contribution in [0, 0.1) is 19.8 Å². The Labute approximate surface area is 205 Å². The van der Waals surface area contributed by atoms with Gasteiger partial charge in [0.25, 0.3) is 11.8 Å². The Morgan fingerprint density at radius 1 is 1.09 bits per heavy atom. The lowest BCUT2D eigenvalue weighted by Crippen LogP contribution is -2.46. The number of allylic oxidation sites excluding steroid dienone is 1. The third-order valence-electron chi connectivity index (χ3n) is 5.44. The number of halogens is 4. The number of carbonyl (C=O) groups is 3. The van der Waals surface area contributed by atoms with Gasteiger partial charge in [0.05, 0.1) is 12.5 Å². The molecule has 0 aliphatic heterocycles. The lowest BCUT2D eigenvalue weighted by Gasteiger charge is -2.18. The van der Waals surface area contributed by atoms with E-state index < -0.39 is 23.9 Å². The molecule has 3 N–H and O–H groups in total. The van der Waals surface area contributed by atoms with Crippen LogP contribution in [0.25, 0.3) is 6.08 Å². The smallest absolute Gasteiger partial charge is 0.343 e. The maximum absolute atomic E-state index is 13.7. The molecule has 3 amide bonds. The summed E-state index contributed by atoms with van der Waals surface area (Å²) >= 11 is 5.95. The molecule has 3 rings (SSSR count). The fourth-order valence-electron chi connectivity index (χ4n) is 3.48. The second-order valence-electron chi connectivity index (χ2n) is 8.51. The van der Waals surface area contributed by atoms with E-state index in [0.29, 0.717) is 16.7 Å². The number of hydrogen-bond acceptors (Lipinski definition) is 3. The minimum absolute atomic E-state index is 0.0399. The summed E-state index contributed by atoms with van der Waals surface area (Å²) in [4.78, 5) is 35.8. The monoisotopic (exact) mass is 507 g/mol. The number of amides is 3. The lowest BCUT2D eigenvalue weighted by molar-refractivity contribution is -0.139. The summed E-state index contributed by atoms with van der Waals surface area (Å²) in [7, 11) is 0. The Bertz CT molecular complexity index is 1140. The van der Waals surface area contributed by atoms with E-state index in [1.54, 1.807) is 26.0 Å². The summed E-state index contributed by atoms with van der Waals surface area (Å²) in [5.41, 5.74) is 6.46. The van der Waals surface area contributed by atoms with Gasteiger partial charge in [0.2, 0.25) is 5.91 Å². The van der Waals surface area contributed by atoms with Crippen LogP contribution < -0.4 is 16.2 Å². The molecule has 0 radical (unpaired) electrons. The van der Waals surface area contributed by atoms with E-state index >= 15 is 0 Å². The van der Waals surface area contributed by atoms with Crippen molar-refractivity contribution in [1.82, 2.24) is 16.2 Å². The SMILES string of the molecule is Cc1cc(Cl)cc(C(/C=C/c2ccc(C(=O)NCC(=O)NNC(=O)C3CC3)c(C)c2)C(F)(F)F)c1. The molecule has 2 aromatic carbocycles. The summed E-state index contributed by atoms with van der Waals surface area (Å²) in [5, 5.41) is 2.68. The molecule has 1 unspecified atom stereocenters. The van der Waals surface area contributed by atoms with Crippen LogP contribution in [0.2, 0.25) is 5.02 Å². The highest BCUT2D eigenvalue weighted by Crippen LogP contribution is 2.37. The van der Waals surface area contributed by atoms with Gasteiger partial charge in [-0.2, -0.15) is 13.2 Å². The standard InChI is InChI=1S/C25H25ClF3N3O3/c1-14-9-18(12-19(26)10-14)21(25(27,28)29)8-4-16-3-7-20(15(2)11-16)24(35)30-13-22(33)31-32-23(34)17-5-6-17/h3-4,7-12,17,21H,5-6,13H2,1-2H3,(H,30,35)(H,31,33)(H,32,34)/b8-4+. The molecule has 1 atom stereocenters. The first-order valence-electron chi connectivity index (χ1n) is 10.9. The largest absolute Gasteiger partial charge is 0.399 e. The molecular formula is C25H25ClF3N3O3. The van der Waals surface area contributed by atoms with Gasteiger partial charge in [0, 0.05) is 16.5 Å². The first-order valence-corrected chi connectivity index (χ1v) is 11.3. The molecule has 1 aliphatic rings. The normalized spacial score (nSPS) is 14.5. The maximum atomic E-state index is 13.7.